The molecule has 4 nitrogen and oxygen atoms in total. The van der Waals surface area contributed by atoms with Crippen LogP contribution in [0.15, 0.2) is 30.5 Å². The maximum Gasteiger partial charge on any atom is 0.142 e. The molecule has 0 radical (unpaired) electrons. The van der Waals surface area contributed by atoms with E-state index in [1.165, 1.54) is 0 Å². The van der Waals surface area contributed by atoms with Crippen LogP contribution < -0.4 is 10.1 Å². The molecule has 2 N–H and O–H groups in total. The molecule has 0 saturated carbocycles. The summed E-state index contributed by atoms with van der Waals surface area (Å²) in [5.41, 5.74) is 1.91. The number of aromatic nitrogens is 2. The van der Waals surface area contributed by atoms with Crippen LogP contribution in [0.3, 0.4) is 0 Å². The van der Waals surface area contributed by atoms with E-state index in [4.69, 9.17) is 16.3 Å². The number of nitrogens with zero attached hydrogens (tertiary/aromatic N) is 1. The molecular formula is C14H18ClN3O. The predicted octanol–water partition coefficient (Wildman–Crippen LogP) is 4.03. The largest absolute Gasteiger partial charge is 0.491 e. The van der Waals surface area contributed by atoms with E-state index in [-0.39, 0.29) is 6.04 Å². The standard InChI is InChI=1S/C14H18ClN3O/c1-3-8-19-14-5-4-11(15)9-13(14)17-10(2)12-6-7-16-18-12/h4-7,9-10,17H,3,8H2,1-2H3,(H,16,18). The Morgan fingerprint density at radius 3 is 2.95 bits per heavy atom. The second kappa shape index (κ2) is 6.48. The lowest BCUT2D eigenvalue weighted by Crippen LogP contribution is -2.09. The first-order valence-electron chi connectivity index (χ1n) is 6.39. The molecule has 102 valence electrons. The van der Waals surface area contributed by atoms with Gasteiger partial charge in [0.15, 0.2) is 0 Å². The third-order valence-electron chi connectivity index (χ3n) is 2.76. The van der Waals surface area contributed by atoms with E-state index in [1.807, 2.05) is 24.3 Å². The second-order valence-electron chi connectivity index (χ2n) is 4.37. The minimum atomic E-state index is 0.102. The number of hydrogen-bond acceptors (Lipinski definition) is 3. The van der Waals surface area contributed by atoms with Gasteiger partial charge in [0.25, 0.3) is 0 Å². The smallest absolute Gasteiger partial charge is 0.142 e. The molecule has 0 spiro atoms. The van der Waals surface area contributed by atoms with E-state index in [9.17, 15) is 0 Å². The van der Waals surface area contributed by atoms with Crippen molar-refractivity contribution in [1.82, 2.24) is 10.2 Å². The molecule has 1 atom stereocenters. The van der Waals surface area contributed by atoms with Crippen LogP contribution in [0.2, 0.25) is 5.02 Å². The highest BCUT2D eigenvalue weighted by molar-refractivity contribution is 6.30. The van der Waals surface area contributed by atoms with Crippen molar-refractivity contribution in [3.05, 3.63) is 41.2 Å². The molecule has 1 aromatic carbocycles. The Kier molecular flexibility index (Phi) is 4.68. The number of rotatable bonds is 6. The summed E-state index contributed by atoms with van der Waals surface area (Å²) in [6, 6.07) is 7.64. The number of benzene rings is 1. The average Bonchev–Trinajstić information content (AvgIpc) is 2.92. The number of H-pyrrole nitrogens is 1. The van der Waals surface area contributed by atoms with Crippen LogP contribution in [0.1, 0.15) is 32.0 Å². The van der Waals surface area contributed by atoms with Gasteiger partial charge in [0.1, 0.15) is 5.75 Å². The lowest BCUT2D eigenvalue weighted by atomic mass is 10.2. The summed E-state index contributed by atoms with van der Waals surface area (Å²) < 4.78 is 5.71. The van der Waals surface area contributed by atoms with Crippen LogP contribution in [0.4, 0.5) is 5.69 Å². The van der Waals surface area contributed by atoms with Gasteiger partial charge in [-0.2, -0.15) is 5.10 Å². The molecule has 0 aliphatic heterocycles. The highest BCUT2D eigenvalue weighted by Crippen LogP contribution is 2.30. The fourth-order valence-electron chi connectivity index (χ4n) is 1.77. The number of nitrogens with one attached hydrogen (secondary N) is 2. The van der Waals surface area contributed by atoms with E-state index in [0.29, 0.717) is 11.6 Å². The van der Waals surface area contributed by atoms with Gasteiger partial charge in [0.05, 0.1) is 24.0 Å². The third kappa shape index (κ3) is 3.64. The topological polar surface area (TPSA) is 49.9 Å². The minimum absolute atomic E-state index is 0.102. The van der Waals surface area contributed by atoms with Crippen LogP contribution in [-0.4, -0.2) is 16.8 Å². The molecule has 0 saturated heterocycles. The van der Waals surface area contributed by atoms with Crippen LogP contribution >= 0.6 is 11.6 Å². The number of anilines is 1. The SMILES string of the molecule is CCCOc1ccc(Cl)cc1NC(C)c1ccn[nH]1. The van der Waals surface area contributed by atoms with Crippen molar-refractivity contribution in [1.29, 1.82) is 0 Å². The average molecular weight is 280 g/mol. The fraction of sp³-hybridized carbons (Fsp3) is 0.357. The maximum absolute atomic E-state index is 6.04. The Labute approximate surface area is 118 Å². The molecule has 0 fully saturated rings. The fourth-order valence-corrected chi connectivity index (χ4v) is 1.94. The Hall–Kier alpha value is -1.68. The zero-order valence-electron chi connectivity index (χ0n) is 11.1. The minimum Gasteiger partial charge on any atom is -0.491 e. The summed E-state index contributed by atoms with van der Waals surface area (Å²) in [7, 11) is 0. The predicted molar refractivity (Wildman–Crippen MR) is 77.9 cm³/mol. The molecule has 0 aliphatic rings. The van der Waals surface area contributed by atoms with Gasteiger partial charge in [-0.3, -0.25) is 5.10 Å². The lowest BCUT2D eigenvalue weighted by Gasteiger charge is -2.17. The van der Waals surface area contributed by atoms with Crippen molar-refractivity contribution in [3.8, 4) is 5.75 Å². The van der Waals surface area contributed by atoms with Crippen LogP contribution in [0, 0.1) is 0 Å². The number of ether oxygens (including phenoxy) is 1. The molecule has 2 aromatic rings. The summed E-state index contributed by atoms with van der Waals surface area (Å²) in [5, 5.41) is 11.0. The molecule has 1 unspecified atom stereocenters. The summed E-state index contributed by atoms with van der Waals surface area (Å²) in [5.74, 6) is 0.817. The van der Waals surface area contributed by atoms with Crippen LogP contribution in [0.25, 0.3) is 0 Å². The van der Waals surface area contributed by atoms with Crippen LogP contribution in [-0.2, 0) is 0 Å². The Morgan fingerprint density at radius 1 is 1.42 bits per heavy atom. The first-order chi connectivity index (χ1) is 9.20. The summed E-state index contributed by atoms with van der Waals surface area (Å²) in [6.45, 7) is 4.82. The zero-order valence-corrected chi connectivity index (χ0v) is 11.9. The summed E-state index contributed by atoms with van der Waals surface area (Å²) in [4.78, 5) is 0. The summed E-state index contributed by atoms with van der Waals surface area (Å²) in [6.07, 6.45) is 2.71. The van der Waals surface area contributed by atoms with Gasteiger partial charge in [0, 0.05) is 11.2 Å². The lowest BCUT2D eigenvalue weighted by molar-refractivity contribution is 0.318. The van der Waals surface area contributed by atoms with Gasteiger partial charge < -0.3 is 10.1 Å². The van der Waals surface area contributed by atoms with Crippen molar-refractivity contribution >= 4 is 17.3 Å². The number of halogens is 1. The van der Waals surface area contributed by atoms with Crippen LogP contribution in [0.5, 0.6) is 5.75 Å². The van der Waals surface area contributed by atoms with E-state index in [2.05, 4.69) is 29.4 Å². The van der Waals surface area contributed by atoms with E-state index < -0.39 is 0 Å². The second-order valence-corrected chi connectivity index (χ2v) is 4.80. The van der Waals surface area contributed by atoms with Gasteiger partial charge in [-0.15, -0.1) is 0 Å². The molecule has 0 bridgehead atoms. The van der Waals surface area contributed by atoms with Crippen molar-refractivity contribution in [2.75, 3.05) is 11.9 Å². The highest BCUT2D eigenvalue weighted by atomic mass is 35.5. The molecule has 1 heterocycles. The zero-order chi connectivity index (χ0) is 13.7. The van der Waals surface area contributed by atoms with Gasteiger partial charge in [0.2, 0.25) is 0 Å². The third-order valence-corrected chi connectivity index (χ3v) is 3.00. The molecular weight excluding hydrogens is 262 g/mol. The first kappa shape index (κ1) is 13.7. The normalized spacial score (nSPS) is 12.2. The highest BCUT2D eigenvalue weighted by Gasteiger charge is 2.10. The van der Waals surface area contributed by atoms with Crippen molar-refractivity contribution in [2.45, 2.75) is 26.3 Å². The Balaban J connectivity index is 2.15. The van der Waals surface area contributed by atoms with Gasteiger partial charge in [-0.25, -0.2) is 0 Å². The van der Waals surface area contributed by atoms with E-state index in [0.717, 1.165) is 23.6 Å². The Morgan fingerprint density at radius 2 is 2.26 bits per heavy atom. The number of aromatic amines is 1. The van der Waals surface area contributed by atoms with E-state index >= 15 is 0 Å². The van der Waals surface area contributed by atoms with Gasteiger partial charge >= 0.3 is 0 Å². The summed E-state index contributed by atoms with van der Waals surface area (Å²) >= 11 is 6.04. The van der Waals surface area contributed by atoms with Crippen molar-refractivity contribution in [2.24, 2.45) is 0 Å². The molecule has 1 aromatic heterocycles. The quantitative estimate of drug-likeness (QED) is 0.839. The molecule has 0 aliphatic carbocycles. The Bertz CT molecular complexity index is 513. The molecule has 0 amide bonds. The first-order valence-corrected chi connectivity index (χ1v) is 6.76. The van der Waals surface area contributed by atoms with Gasteiger partial charge in [-0.1, -0.05) is 18.5 Å². The van der Waals surface area contributed by atoms with Gasteiger partial charge in [-0.05, 0) is 37.6 Å². The molecule has 5 heteroatoms. The molecule has 2 rings (SSSR count). The maximum atomic E-state index is 6.04. The number of hydrogen-bond donors (Lipinski definition) is 2. The monoisotopic (exact) mass is 279 g/mol. The van der Waals surface area contributed by atoms with Crippen molar-refractivity contribution in [3.63, 3.8) is 0 Å². The van der Waals surface area contributed by atoms with Crippen molar-refractivity contribution < 1.29 is 4.74 Å². The molecule has 19 heavy (non-hydrogen) atoms. The van der Waals surface area contributed by atoms with E-state index in [1.54, 1.807) is 6.20 Å².